The molecule has 1 N–H and O–H groups in total. The third-order valence-corrected chi connectivity index (χ3v) is 2.94. The van der Waals surface area contributed by atoms with Crippen LogP contribution in [-0.4, -0.2) is 23.7 Å². The summed E-state index contributed by atoms with van der Waals surface area (Å²) < 4.78 is 4.68. The SMILES string of the molecule is CCOC(=O)C=C=CC1C(C(=O)O)C1(C)C. The molecule has 1 rings (SSSR count). The van der Waals surface area contributed by atoms with Crippen molar-refractivity contribution in [3.8, 4) is 0 Å². The van der Waals surface area contributed by atoms with E-state index in [-0.39, 0.29) is 17.3 Å². The molecule has 1 saturated carbocycles. The van der Waals surface area contributed by atoms with Gasteiger partial charge in [0.1, 0.15) is 0 Å². The van der Waals surface area contributed by atoms with Gasteiger partial charge in [0.05, 0.1) is 18.6 Å². The lowest BCUT2D eigenvalue weighted by Crippen LogP contribution is -2.02. The van der Waals surface area contributed by atoms with Crippen LogP contribution in [0.1, 0.15) is 20.8 Å². The van der Waals surface area contributed by atoms with E-state index in [9.17, 15) is 9.59 Å². The van der Waals surface area contributed by atoms with Crippen molar-refractivity contribution in [3.05, 3.63) is 17.9 Å². The van der Waals surface area contributed by atoms with Crippen molar-refractivity contribution in [2.24, 2.45) is 17.3 Å². The second kappa shape index (κ2) is 4.54. The van der Waals surface area contributed by atoms with Gasteiger partial charge in [-0.3, -0.25) is 4.79 Å². The molecule has 0 amide bonds. The van der Waals surface area contributed by atoms with Gasteiger partial charge < -0.3 is 9.84 Å². The molecule has 4 nitrogen and oxygen atoms in total. The van der Waals surface area contributed by atoms with Gasteiger partial charge in [-0.25, -0.2) is 4.79 Å². The predicted octanol–water partition coefficient (Wildman–Crippen LogP) is 1.62. The lowest BCUT2D eigenvalue weighted by Gasteiger charge is -1.95. The lowest BCUT2D eigenvalue weighted by atomic mass is 10.1. The Bertz CT molecular complexity index is 361. The molecule has 0 radical (unpaired) electrons. The molecule has 2 atom stereocenters. The molecule has 0 aromatic heterocycles. The molecule has 16 heavy (non-hydrogen) atoms. The average molecular weight is 224 g/mol. The highest BCUT2D eigenvalue weighted by Crippen LogP contribution is 2.58. The van der Waals surface area contributed by atoms with Crippen molar-refractivity contribution in [1.82, 2.24) is 0 Å². The molecule has 0 saturated heterocycles. The van der Waals surface area contributed by atoms with Crippen molar-refractivity contribution in [1.29, 1.82) is 0 Å². The van der Waals surface area contributed by atoms with Gasteiger partial charge in [-0.1, -0.05) is 13.8 Å². The first kappa shape index (κ1) is 12.5. The van der Waals surface area contributed by atoms with Crippen LogP contribution in [0.4, 0.5) is 0 Å². The smallest absolute Gasteiger partial charge is 0.338 e. The normalized spacial score (nSPS) is 25.2. The summed E-state index contributed by atoms with van der Waals surface area (Å²) in [6.07, 6.45) is 2.83. The van der Waals surface area contributed by atoms with Gasteiger partial charge in [-0.2, -0.15) is 0 Å². The van der Waals surface area contributed by atoms with E-state index >= 15 is 0 Å². The first-order chi connectivity index (χ1) is 7.41. The van der Waals surface area contributed by atoms with Crippen LogP contribution in [0.25, 0.3) is 0 Å². The first-order valence-electron chi connectivity index (χ1n) is 5.23. The second-order valence-corrected chi connectivity index (χ2v) is 4.39. The molecule has 0 aliphatic heterocycles. The zero-order valence-electron chi connectivity index (χ0n) is 9.69. The third kappa shape index (κ3) is 2.52. The monoisotopic (exact) mass is 224 g/mol. The van der Waals surface area contributed by atoms with Gasteiger partial charge in [-0.05, 0) is 18.4 Å². The van der Waals surface area contributed by atoms with Crippen LogP contribution in [0.3, 0.4) is 0 Å². The van der Waals surface area contributed by atoms with E-state index < -0.39 is 11.9 Å². The number of aliphatic carboxylic acids is 1. The van der Waals surface area contributed by atoms with E-state index in [2.05, 4.69) is 10.5 Å². The summed E-state index contributed by atoms with van der Waals surface area (Å²) in [4.78, 5) is 21.8. The fourth-order valence-corrected chi connectivity index (χ4v) is 1.86. The summed E-state index contributed by atoms with van der Waals surface area (Å²) in [7, 11) is 0. The quantitative estimate of drug-likeness (QED) is 0.447. The average Bonchev–Trinajstić information content (AvgIpc) is 2.69. The maximum Gasteiger partial charge on any atom is 0.338 e. The molecule has 88 valence electrons. The molecular formula is C12H16O4. The Labute approximate surface area is 94.6 Å². The Kier molecular flexibility index (Phi) is 3.55. The first-order valence-corrected chi connectivity index (χ1v) is 5.23. The topological polar surface area (TPSA) is 63.6 Å². The number of carboxylic acids is 1. The van der Waals surface area contributed by atoms with Crippen LogP contribution >= 0.6 is 0 Å². The fraction of sp³-hybridized carbons (Fsp3) is 0.583. The summed E-state index contributed by atoms with van der Waals surface area (Å²) in [6, 6.07) is 0. The number of esters is 1. The summed E-state index contributed by atoms with van der Waals surface area (Å²) in [5.41, 5.74) is 2.44. The molecule has 1 aliphatic carbocycles. The van der Waals surface area contributed by atoms with E-state index in [0.29, 0.717) is 6.61 Å². The van der Waals surface area contributed by atoms with Crippen molar-refractivity contribution in [2.75, 3.05) is 6.61 Å². The molecule has 2 unspecified atom stereocenters. The van der Waals surface area contributed by atoms with Gasteiger partial charge in [0.15, 0.2) is 0 Å². The predicted molar refractivity (Wildman–Crippen MR) is 57.7 cm³/mol. The van der Waals surface area contributed by atoms with Crippen molar-refractivity contribution < 1.29 is 19.4 Å². The summed E-state index contributed by atoms with van der Waals surface area (Å²) in [5, 5.41) is 8.90. The number of carbonyl (C=O) groups is 2. The number of hydrogen-bond donors (Lipinski definition) is 1. The summed E-state index contributed by atoms with van der Waals surface area (Å²) in [6.45, 7) is 5.82. The van der Waals surface area contributed by atoms with Gasteiger partial charge in [0, 0.05) is 5.92 Å². The highest BCUT2D eigenvalue weighted by molar-refractivity contribution is 5.81. The van der Waals surface area contributed by atoms with Crippen LogP contribution in [0, 0.1) is 17.3 Å². The van der Waals surface area contributed by atoms with Gasteiger partial charge >= 0.3 is 11.9 Å². The van der Waals surface area contributed by atoms with Crippen molar-refractivity contribution in [2.45, 2.75) is 20.8 Å². The van der Waals surface area contributed by atoms with Gasteiger partial charge in [0.2, 0.25) is 0 Å². The number of carboxylic acid groups (broad SMARTS) is 1. The summed E-state index contributed by atoms with van der Waals surface area (Å²) >= 11 is 0. The molecule has 4 heteroatoms. The molecule has 0 bridgehead atoms. The molecule has 1 fully saturated rings. The molecule has 0 heterocycles. The van der Waals surface area contributed by atoms with Crippen LogP contribution < -0.4 is 0 Å². The Morgan fingerprint density at radius 1 is 1.50 bits per heavy atom. The number of rotatable bonds is 4. The Hall–Kier alpha value is -1.54. The third-order valence-electron chi connectivity index (χ3n) is 2.94. The maximum atomic E-state index is 10.9. The maximum absolute atomic E-state index is 10.9. The standard InChI is InChI=1S/C12H16O4/c1-4-16-9(13)7-5-6-8-10(11(14)15)12(8,2)3/h6-8,10H,4H2,1-3H3,(H,14,15). The van der Waals surface area contributed by atoms with Crippen LogP contribution in [0.5, 0.6) is 0 Å². The van der Waals surface area contributed by atoms with E-state index in [1.54, 1.807) is 13.0 Å². The lowest BCUT2D eigenvalue weighted by molar-refractivity contribution is -0.139. The molecule has 0 spiro atoms. The van der Waals surface area contributed by atoms with Gasteiger partial charge in [-0.15, -0.1) is 5.73 Å². The molecular weight excluding hydrogens is 208 g/mol. The Balaban J connectivity index is 2.60. The number of ether oxygens (including phenoxy) is 1. The molecule has 0 aromatic carbocycles. The summed E-state index contributed by atoms with van der Waals surface area (Å²) in [5.74, 6) is -1.69. The number of carbonyl (C=O) groups excluding carboxylic acids is 1. The molecule has 1 aliphatic rings. The van der Waals surface area contributed by atoms with E-state index in [1.165, 1.54) is 6.08 Å². The minimum Gasteiger partial charge on any atom is -0.481 e. The highest BCUT2D eigenvalue weighted by atomic mass is 16.5. The van der Waals surface area contributed by atoms with Crippen molar-refractivity contribution in [3.63, 3.8) is 0 Å². The Morgan fingerprint density at radius 3 is 2.56 bits per heavy atom. The van der Waals surface area contributed by atoms with Crippen molar-refractivity contribution >= 4 is 11.9 Å². The van der Waals surface area contributed by atoms with Crippen LogP contribution in [0.2, 0.25) is 0 Å². The van der Waals surface area contributed by atoms with E-state index in [1.807, 2.05) is 13.8 Å². The fourth-order valence-electron chi connectivity index (χ4n) is 1.86. The second-order valence-electron chi connectivity index (χ2n) is 4.39. The minimum atomic E-state index is -0.802. The molecule has 0 aromatic rings. The van der Waals surface area contributed by atoms with Crippen LogP contribution in [-0.2, 0) is 14.3 Å². The van der Waals surface area contributed by atoms with E-state index in [0.717, 1.165) is 0 Å². The zero-order chi connectivity index (χ0) is 12.3. The van der Waals surface area contributed by atoms with Crippen LogP contribution in [0.15, 0.2) is 17.9 Å². The van der Waals surface area contributed by atoms with E-state index in [4.69, 9.17) is 5.11 Å². The largest absolute Gasteiger partial charge is 0.481 e. The Morgan fingerprint density at radius 2 is 2.12 bits per heavy atom. The zero-order valence-corrected chi connectivity index (χ0v) is 9.69. The highest BCUT2D eigenvalue weighted by Gasteiger charge is 2.60. The minimum absolute atomic E-state index is 0.0596. The van der Waals surface area contributed by atoms with Gasteiger partial charge in [0.25, 0.3) is 0 Å². The number of hydrogen-bond acceptors (Lipinski definition) is 3.